The van der Waals surface area contributed by atoms with Gasteiger partial charge in [-0.2, -0.15) is 0 Å². The van der Waals surface area contributed by atoms with Crippen LogP contribution in [0.3, 0.4) is 0 Å². The second-order valence-electron chi connectivity index (χ2n) is 5.29. The van der Waals surface area contributed by atoms with Crippen LogP contribution >= 0.6 is 0 Å². The van der Waals surface area contributed by atoms with Gasteiger partial charge < -0.3 is 5.32 Å². The molecule has 0 atom stereocenters. The Labute approximate surface area is 138 Å². The Hall–Kier alpha value is -3.35. The zero-order valence-corrected chi connectivity index (χ0v) is 13.2. The third kappa shape index (κ3) is 3.19. The summed E-state index contributed by atoms with van der Waals surface area (Å²) < 4.78 is 1.54. The highest BCUT2D eigenvalue weighted by molar-refractivity contribution is 6.05. The number of benzene rings is 2. The molecule has 7 heteroatoms. The van der Waals surface area contributed by atoms with Crippen LogP contribution in [0.4, 0.5) is 5.69 Å². The third-order valence-electron chi connectivity index (χ3n) is 3.55. The van der Waals surface area contributed by atoms with Gasteiger partial charge in [0.2, 0.25) is 0 Å². The van der Waals surface area contributed by atoms with Crippen molar-refractivity contribution in [1.29, 1.82) is 0 Å². The molecule has 1 amide bonds. The van der Waals surface area contributed by atoms with Crippen LogP contribution in [0.1, 0.15) is 27.6 Å². The molecule has 1 N–H and O–H groups in total. The smallest absolute Gasteiger partial charge is 0.255 e. The van der Waals surface area contributed by atoms with Gasteiger partial charge in [-0.15, -0.1) is 5.10 Å². The second kappa shape index (κ2) is 6.41. The first-order valence-corrected chi connectivity index (χ1v) is 7.30. The normalized spacial score (nSPS) is 10.4. The van der Waals surface area contributed by atoms with Crippen molar-refractivity contribution < 1.29 is 9.59 Å². The summed E-state index contributed by atoms with van der Waals surface area (Å²) in [6.07, 6.45) is 0. The molecular weight excluding hydrogens is 306 g/mol. The number of Topliss-reactive ketones (excluding diaryl/α,β-unsaturated/α-hetero) is 1. The van der Waals surface area contributed by atoms with Crippen molar-refractivity contribution in [3.63, 3.8) is 0 Å². The standard InChI is InChI=1S/C17H15N5O2/c1-11(23)12-6-8-15(9-7-12)18-17(24)14-5-3-4-13(10-14)16-19-20-21-22(16)2/h3-10H,1-2H3,(H,18,24). The van der Waals surface area contributed by atoms with Crippen LogP contribution < -0.4 is 5.32 Å². The lowest BCUT2D eigenvalue weighted by Crippen LogP contribution is -2.12. The summed E-state index contributed by atoms with van der Waals surface area (Å²) in [6.45, 7) is 1.50. The van der Waals surface area contributed by atoms with Gasteiger partial charge in [0.25, 0.3) is 5.91 Å². The predicted octanol–water partition coefficient (Wildman–Crippen LogP) is 2.33. The van der Waals surface area contributed by atoms with Crippen LogP contribution in [0.5, 0.6) is 0 Å². The van der Waals surface area contributed by atoms with E-state index in [1.165, 1.54) is 11.6 Å². The van der Waals surface area contributed by atoms with Crippen LogP contribution in [0.2, 0.25) is 0 Å². The number of aromatic nitrogens is 4. The summed E-state index contributed by atoms with van der Waals surface area (Å²) in [4.78, 5) is 23.7. The molecule has 0 aliphatic heterocycles. The number of hydrogen-bond donors (Lipinski definition) is 1. The molecular formula is C17H15N5O2. The second-order valence-corrected chi connectivity index (χ2v) is 5.29. The van der Waals surface area contributed by atoms with E-state index in [0.717, 1.165) is 5.56 Å². The van der Waals surface area contributed by atoms with Gasteiger partial charge in [0.15, 0.2) is 11.6 Å². The summed E-state index contributed by atoms with van der Waals surface area (Å²) in [6, 6.07) is 13.8. The van der Waals surface area contributed by atoms with E-state index in [-0.39, 0.29) is 11.7 Å². The van der Waals surface area contributed by atoms with Crippen LogP contribution in [0, 0.1) is 0 Å². The Bertz CT molecular complexity index is 899. The van der Waals surface area contributed by atoms with Crippen molar-refractivity contribution in [1.82, 2.24) is 20.2 Å². The predicted molar refractivity (Wildman–Crippen MR) is 88.6 cm³/mol. The van der Waals surface area contributed by atoms with Gasteiger partial charge in [-0.1, -0.05) is 12.1 Å². The fourth-order valence-corrected chi connectivity index (χ4v) is 2.27. The highest BCUT2D eigenvalue weighted by Crippen LogP contribution is 2.18. The first kappa shape index (κ1) is 15.5. The van der Waals surface area contributed by atoms with E-state index in [1.54, 1.807) is 49.5 Å². The molecule has 0 saturated carbocycles. The number of tetrazole rings is 1. The van der Waals surface area contributed by atoms with Crippen LogP contribution in [-0.4, -0.2) is 31.9 Å². The number of rotatable bonds is 4. The van der Waals surface area contributed by atoms with E-state index in [9.17, 15) is 9.59 Å². The fourth-order valence-electron chi connectivity index (χ4n) is 2.27. The largest absolute Gasteiger partial charge is 0.322 e. The molecule has 1 aromatic heterocycles. The zero-order chi connectivity index (χ0) is 17.1. The number of carbonyl (C=O) groups is 2. The average molecular weight is 321 g/mol. The van der Waals surface area contributed by atoms with E-state index < -0.39 is 0 Å². The molecule has 0 unspecified atom stereocenters. The van der Waals surface area contributed by atoms with E-state index in [1.807, 2.05) is 6.07 Å². The van der Waals surface area contributed by atoms with Crippen molar-refractivity contribution in [2.45, 2.75) is 6.92 Å². The minimum atomic E-state index is -0.248. The molecule has 0 bridgehead atoms. The Morgan fingerprint density at radius 1 is 1.04 bits per heavy atom. The molecule has 0 aliphatic rings. The molecule has 0 saturated heterocycles. The first-order valence-electron chi connectivity index (χ1n) is 7.30. The van der Waals surface area contributed by atoms with Crippen LogP contribution in [0.15, 0.2) is 48.5 Å². The summed E-state index contributed by atoms with van der Waals surface area (Å²) in [5, 5.41) is 14.1. The van der Waals surface area contributed by atoms with E-state index in [4.69, 9.17) is 0 Å². The number of nitrogens with zero attached hydrogens (tertiary/aromatic N) is 4. The lowest BCUT2D eigenvalue weighted by molar-refractivity contribution is 0.101. The topological polar surface area (TPSA) is 89.8 Å². The summed E-state index contributed by atoms with van der Waals surface area (Å²) in [5.41, 5.74) is 2.47. The highest BCUT2D eigenvalue weighted by Gasteiger charge is 2.11. The molecule has 0 spiro atoms. The maximum absolute atomic E-state index is 12.4. The number of anilines is 1. The van der Waals surface area contributed by atoms with E-state index in [2.05, 4.69) is 20.8 Å². The molecule has 0 aliphatic carbocycles. The first-order chi connectivity index (χ1) is 11.5. The number of hydrogen-bond acceptors (Lipinski definition) is 5. The molecule has 3 aromatic rings. The van der Waals surface area contributed by atoms with Crippen molar-refractivity contribution >= 4 is 17.4 Å². The molecule has 7 nitrogen and oxygen atoms in total. The Kier molecular flexibility index (Phi) is 4.15. The fraction of sp³-hybridized carbons (Fsp3) is 0.118. The van der Waals surface area contributed by atoms with Crippen LogP contribution in [-0.2, 0) is 7.05 Å². The van der Waals surface area contributed by atoms with Gasteiger partial charge in [-0.25, -0.2) is 4.68 Å². The van der Waals surface area contributed by atoms with Crippen molar-refractivity contribution in [2.75, 3.05) is 5.32 Å². The van der Waals surface area contributed by atoms with Crippen molar-refractivity contribution in [3.8, 4) is 11.4 Å². The molecule has 0 radical (unpaired) electrons. The number of aryl methyl sites for hydroxylation is 1. The van der Waals surface area contributed by atoms with Crippen molar-refractivity contribution in [3.05, 3.63) is 59.7 Å². The molecule has 1 heterocycles. The number of carbonyl (C=O) groups excluding carboxylic acids is 2. The van der Waals surface area contributed by atoms with E-state index in [0.29, 0.717) is 22.6 Å². The Morgan fingerprint density at radius 2 is 1.79 bits per heavy atom. The summed E-state index contributed by atoms with van der Waals surface area (Å²) in [5.74, 6) is 0.316. The maximum atomic E-state index is 12.4. The van der Waals surface area contributed by atoms with Gasteiger partial charge in [0.05, 0.1) is 0 Å². The van der Waals surface area contributed by atoms with Gasteiger partial charge in [0, 0.05) is 29.4 Å². The Morgan fingerprint density at radius 3 is 2.42 bits per heavy atom. The SMILES string of the molecule is CC(=O)c1ccc(NC(=O)c2cccc(-c3nnnn3C)c2)cc1. The zero-order valence-electron chi connectivity index (χ0n) is 13.2. The lowest BCUT2D eigenvalue weighted by atomic mass is 10.1. The molecule has 0 fully saturated rings. The van der Waals surface area contributed by atoms with Gasteiger partial charge in [0.1, 0.15) is 0 Å². The quantitative estimate of drug-likeness (QED) is 0.745. The van der Waals surface area contributed by atoms with Gasteiger partial charge in [-0.3, -0.25) is 9.59 Å². The van der Waals surface area contributed by atoms with E-state index >= 15 is 0 Å². The minimum Gasteiger partial charge on any atom is -0.322 e. The monoisotopic (exact) mass is 321 g/mol. The lowest BCUT2D eigenvalue weighted by Gasteiger charge is -2.07. The highest BCUT2D eigenvalue weighted by atomic mass is 16.1. The summed E-state index contributed by atoms with van der Waals surface area (Å²) in [7, 11) is 1.73. The minimum absolute atomic E-state index is 0.0159. The Balaban J connectivity index is 1.80. The molecule has 24 heavy (non-hydrogen) atoms. The molecule has 3 rings (SSSR count). The summed E-state index contributed by atoms with van der Waals surface area (Å²) >= 11 is 0. The van der Waals surface area contributed by atoms with Gasteiger partial charge >= 0.3 is 0 Å². The van der Waals surface area contributed by atoms with Crippen molar-refractivity contribution in [2.24, 2.45) is 7.05 Å². The number of ketones is 1. The van der Waals surface area contributed by atoms with Crippen LogP contribution in [0.25, 0.3) is 11.4 Å². The maximum Gasteiger partial charge on any atom is 0.255 e. The average Bonchev–Trinajstić information content (AvgIpc) is 3.01. The molecule has 2 aromatic carbocycles. The number of nitrogens with one attached hydrogen (secondary N) is 1. The van der Waals surface area contributed by atoms with Gasteiger partial charge in [-0.05, 0) is 53.7 Å². The molecule has 120 valence electrons. The number of amides is 1. The third-order valence-corrected chi connectivity index (χ3v) is 3.55.